The van der Waals surface area contributed by atoms with Crippen LogP contribution in [0.4, 0.5) is 0 Å². The van der Waals surface area contributed by atoms with Crippen LogP contribution < -0.4 is 5.32 Å². The van der Waals surface area contributed by atoms with Crippen LogP contribution in [0.5, 0.6) is 0 Å². The molecule has 2 atom stereocenters. The number of unbranched alkanes of at least 4 members (excludes halogenated alkanes) is 46. The number of hydrogen-bond donors (Lipinski definition) is 3. The van der Waals surface area contributed by atoms with Gasteiger partial charge in [-0.1, -0.05) is 315 Å². The highest BCUT2D eigenvalue weighted by molar-refractivity contribution is 5.76. The number of nitrogens with one attached hydrogen (secondary N) is 1. The summed E-state index contributed by atoms with van der Waals surface area (Å²) in [5.74, 6) is -0.0569. The Hall–Kier alpha value is -0.870. The van der Waals surface area contributed by atoms with E-state index in [0.29, 0.717) is 6.42 Å². The summed E-state index contributed by atoms with van der Waals surface area (Å²) in [6.45, 7) is 4.34. The van der Waals surface area contributed by atoms with Gasteiger partial charge >= 0.3 is 0 Å². The molecule has 2 unspecified atom stereocenters. The van der Waals surface area contributed by atoms with Crippen molar-refractivity contribution in [1.29, 1.82) is 0 Å². The zero-order valence-electron chi connectivity index (χ0n) is 42.0. The third kappa shape index (κ3) is 50.0. The van der Waals surface area contributed by atoms with Crippen molar-refractivity contribution in [3.63, 3.8) is 0 Å². The van der Waals surface area contributed by atoms with Gasteiger partial charge in [0.25, 0.3) is 0 Å². The molecule has 0 aromatic heterocycles. The predicted octanol–water partition coefficient (Wildman–Crippen LogP) is 18.5. The Balaban J connectivity index is 3.36. The van der Waals surface area contributed by atoms with Gasteiger partial charge in [0.1, 0.15) is 0 Å². The number of carbonyl (C=O) groups excluding carboxylic acids is 1. The molecule has 0 fully saturated rings. The van der Waals surface area contributed by atoms with Crippen LogP contribution in [0.1, 0.15) is 328 Å². The van der Waals surface area contributed by atoms with Crippen LogP contribution in [-0.4, -0.2) is 34.9 Å². The number of aliphatic hydroxyl groups excluding tert-OH is 2. The van der Waals surface area contributed by atoms with Crippen molar-refractivity contribution in [3.8, 4) is 0 Å². The van der Waals surface area contributed by atoms with Crippen LogP contribution in [0.25, 0.3) is 0 Å². The first-order valence-electron chi connectivity index (χ1n) is 28.4. The summed E-state index contributed by atoms with van der Waals surface area (Å²) >= 11 is 0. The van der Waals surface area contributed by atoms with Crippen molar-refractivity contribution < 1.29 is 15.0 Å². The van der Waals surface area contributed by atoms with Crippen molar-refractivity contribution in [1.82, 2.24) is 5.32 Å². The van der Waals surface area contributed by atoms with E-state index in [4.69, 9.17) is 0 Å². The van der Waals surface area contributed by atoms with E-state index in [0.717, 1.165) is 25.7 Å². The second-order valence-electron chi connectivity index (χ2n) is 19.7. The maximum atomic E-state index is 12.4. The largest absolute Gasteiger partial charge is 0.394 e. The second kappa shape index (κ2) is 53.5. The van der Waals surface area contributed by atoms with E-state index in [9.17, 15) is 15.0 Å². The molecular weight excluding hydrogens is 747 g/mol. The molecule has 4 heteroatoms. The lowest BCUT2D eigenvalue weighted by Gasteiger charge is -2.20. The highest BCUT2D eigenvalue weighted by Gasteiger charge is 2.18. The minimum Gasteiger partial charge on any atom is -0.394 e. The lowest BCUT2D eigenvalue weighted by atomic mass is 10.0. The fourth-order valence-electron chi connectivity index (χ4n) is 9.18. The molecular formula is C57H113NO3. The number of carbonyl (C=O) groups is 1. The molecule has 0 saturated heterocycles. The number of rotatable bonds is 53. The Morgan fingerprint density at radius 1 is 0.377 bits per heavy atom. The Morgan fingerprint density at radius 3 is 0.852 bits per heavy atom. The van der Waals surface area contributed by atoms with Crippen molar-refractivity contribution in [2.45, 2.75) is 341 Å². The Morgan fingerprint density at radius 2 is 0.607 bits per heavy atom. The van der Waals surface area contributed by atoms with Crippen LogP contribution in [-0.2, 0) is 4.79 Å². The van der Waals surface area contributed by atoms with Gasteiger partial charge in [-0.15, -0.1) is 0 Å². The first-order valence-corrected chi connectivity index (χ1v) is 28.4. The van der Waals surface area contributed by atoms with Crippen LogP contribution in [0.3, 0.4) is 0 Å². The third-order valence-electron chi connectivity index (χ3n) is 13.5. The summed E-state index contributed by atoms with van der Waals surface area (Å²) in [7, 11) is 0. The van der Waals surface area contributed by atoms with Gasteiger partial charge in [0.15, 0.2) is 0 Å². The van der Waals surface area contributed by atoms with E-state index in [-0.39, 0.29) is 12.5 Å². The van der Waals surface area contributed by atoms with Crippen molar-refractivity contribution in [2.75, 3.05) is 6.61 Å². The van der Waals surface area contributed by atoms with Crippen LogP contribution in [0.15, 0.2) is 12.2 Å². The van der Waals surface area contributed by atoms with Gasteiger partial charge in [-0.05, 0) is 19.3 Å². The Labute approximate surface area is 384 Å². The molecule has 0 aromatic rings. The quantitative estimate of drug-likeness (QED) is 0.0421. The van der Waals surface area contributed by atoms with E-state index in [1.54, 1.807) is 6.08 Å². The van der Waals surface area contributed by atoms with Crippen molar-refractivity contribution in [3.05, 3.63) is 12.2 Å². The average Bonchev–Trinajstić information content (AvgIpc) is 3.26. The van der Waals surface area contributed by atoms with Crippen molar-refractivity contribution in [2.24, 2.45) is 0 Å². The fourth-order valence-corrected chi connectivity index (χ4v) is 9.18. The number of allylic oxidation sites excluding steroid dienone is 1. The highest BCUT2D eigenvalue weighted by Crippen LogP contribution is 2.18. The molecule has 0 aliphatic heterocycles. The fraction of sp³-hybridized carbons (Fsp3) is 0.947. The molecule has 4 nitrogen and oxygen atoms in total. The lowest BCUT2D eigenvalue weighted by molar-refractivity contribution is -0.123. The zero-order valence-corrected chi connectivity index (χ0v) is 42.0. The molecule has 364 valence electrons. The third-order valence-corrected chi connectivity index (χ3v) is 13.5. The van der Waals surface area contributed by atoms with Crippen LogP contribution in [0.2, 0.25) is 0 Å². The summed E-state index contributed by atoms with van der Waals surface area (Å²) < 4.78 is 0. The van der Waals surface area contributed by atoms with Crippen LogP contribution >= 0.6 is 0 Å². The van der Waals surface area contributed by atoms with Crippen molar-refractivity contribution >= 4 is 5.91 Å². The average molecular weight is 861 g/mol. The summed E-state index contributed by atoms with van der Waals surface area (Å²) in [5.41, 5.74) is 0. The number of hydrogen-bond acceptors (Lipinski definition) is 3. The smallest absolute Gasteiger partial charge is 0.220 e. The standard InChI is InChI=1S/C57H113NO3/c1-3-5-7-9-11-13-15-17-19-20-21-22-23-24-25-26-27-28-29-30-31-32-33-34-35-36-37-38-39-41-43-45-47-49-51-53-57(61)58-55(54-59)56(60)52-50-48-46-44-42-40-18-16-14-12-10-8-6-4-2/h50,52,55-56,59-60H,3-49,51,53-54H2,1-2H3,(H,58,61)/b52-50+. The molecule has 0 aliphatic carbocycles. The maximum Gasteiger partial charge on any atom is 0.220 e. The molecule has 61 heavy (non-hydrogen) atoms. The highest BCUT2D eigenvalue weighted by atomic mass is 16.3. The minimum absolute atomic E-state index is 0.0569. The second-order valence-corrected chi connectivity index (χ2v) is 19.7. The SMILES string of the molecule is CCCCCCCCCCCCCC/C=C/C(O)C(CO)NC(=O)CCCCCCCCCCCCCCCCCCCCCCCCCCCCCCCCCCCCC. The molecule has 0 aliphatic rings. The van der Waals surface area contributed by atoms with Gasteiger partial charge in [0.05, 0.1) is 18.8 Å². The van der Waals surface area contributed by atoms with Gasteiger partial charge in [0.2, 0.25) is 5.91 Å². The minimum atomic E-state index is -0.834. The molecule has 0 spiro atoms. The summed E-state index contributed by atoms with van der Waals surface area (Å²) in [5, 5.41) is 23.1. The van der Waals surface area contributed by atoms with Gasteiger partial charge < -0.3 is 15.5 Å². The maximum absolute atomic E-state index is 12.4. The van der Waals surface area contributed by atoms with E-state index < -0.39 is 12.1 Å². The summed E-state index contributed by atoms with van der Waals surface area (Å²) in [6, 6.07) is -0.617. The molecule has 3 N–H and O–H groups in total. The molecule has 0 saturated carbocycles. The van der Waals surface area contributed by atoms with Gasteiger partial charge in [-0.25, -0.2) is 0 Å². The predicted molar refractivity (Wildman–Crippen MR) is 272 cm³/mol. The van der Waals surface area contributed by atoms with E-state index >= 15 is 0 Å². The molecule has 0 radical (unpaired) electrons. The lowest BCUT2D eigenvalue weighted by Crippen LogP contribution is -2.45. The van der Waals surface area contributed by atoms with Gasteiger partial charge in [-0.2, -0.15) is 0 Å². The molecule has 0 aromatic carbocycles. The number of amides is 1. The monoisotopic (exact) mass is 860 g/mol. The van der Waals surface area contributed by atoms with Gasteiger partial charge in [-0.3, -0.25) is 4.79 Å². The Kier molecular flexibility index (Phi) is 52.7. The molecule has 0 heterocycles. The van der Waals surface area contributed by atoms with E-state index in [2.05, 4.69) is 19.2 Å². The van der Waals surface area contributed by atoms with Gasteiger partial charge in [0, 0.05) is 6.42 Å². The number of aliphatic hydroxyl groups is 2. The molecule has 1 amide bonds. The zero-order chi connectivity index (χ0) is 44.2. The summed E-state index contributed by atoms with van der Waals surface area (Å²) in [4.78, 5) is 12.4. The first-order chi connectivity index (χ1) is 30.2. The summed E-state index contributed by atoms with van der Waals surface area (Å²) in [6.07, 6.45) is 69.6. The topological polar surface area (TPSA) is 69.6 Å². The van der Waals surface area contributed by atoms with E-state index in [1.165, 1.54) is 283 Å². The Bertz CT molecular complexity index is 844. The van der Waals surface area contributed by atoms with Crippen LogP contribution in [0, 0.1) is 0 Å². The first kappa shape index (κ1) is 60.1. The van der Waals surface area contributed by atoms with E-state index in [1.807, 2.05) is 6.08 Å². The normalized spacial score (nSPS) is 12.8. The molecule has 0 rings (SSSR count). The molecule has 0 bridgehead atoms.